The first-order valence-corrected chi connectivity index (χ1v) is 7.09. The van der Waals surface area contributed by atoms with E-state index in [1.165, 1.54) is 18.4 Å². The van der Waals surface area contributed by atoms with Crippen molar-refractivity contribution in [2.75, 3.05) is 13.7 Å². The summed E-state index contributed by atoms with van der Waals surface area (Å²) >= 11 is 5.46. The Hall–Kier alpha value is -1.20. The highest BCUT2D eigenvalue weighted by molar-refractivity contribution is 7.71. The zero-order valence-corrected chi connectivity index (χ0v) is 12.2. The summed E-state index contributed by atoms with van der Waals surface area (Å²) in [5.74, 6) is 0. The van der Waals surface area contributed by atoms with Crippen molar-refractivity contribution in [2.24, 2.45) is 5.41 Å². The van der Waals surface area contributed by atoms with Gasteiger partial charge in [-0.1, -0.05) is 0 Å². The standard InChI is InChI=1S/C14H19N3OS/c1-10-3-7-15-12-11(10)16-13(19)17(12)9-14(4-5-14)6-8-18-2/h3,7H,4-6,8-9H2,1-2H3,(H,16,19). The van der Waals surface area contributed by atoms with E-state index in [4.69, 9.17) is 17.0 Å². The Labute approximate surface area is 117 Å². The first-order chi connectivity index (χ1) is 9.15. The third kappa shape index (κ3) is 2.32. The molecule has 0 unspecified atom stereocenters. The molecule has 0 radical (unpaired) electrons. The molecule has 0 aliphatic heterocycles. The third-order valence-electron chi connectivity index (χ3n) is 4.16. The molecule has 5 heteroatoms. The number of ether oxygens (including phenoxy) is 1. The van der Waals surface area contributed by atoms with Gasteiger partial charge in [0, 0.05) is 26.5 Å². The van der Waals surface area contributed by atoms with Crippen LogP contribution in [0, 0.1) is 17.1 Å². The molecular weight excluding hydrogens is 258 g/mol. The number of imidazole rings is 1. The van der Waals surface area contributed by atoms with E-state index >= 15 is 0 Å². The second-order valence-corrected chi connectivity index (χ2v) is 5.97. The number of fused-ring (bicyclic) bond motifs is 1. The van der Waals surface area contributed by atoms with E-state index in [1.54, 1.807) is 7.11 Å². The first kappa shape index (κ1) is 12.8. The van der Waals surface area contributed by atoms with Gasteiger partial charge in [0.1, 0.15) is 0 Å². The van der Waals surface area contributed by atoms with Crippen molar-refractivity contribution in [3.05, 3.63) is 22.6 Å². The summed E-state index contributed by atoms with van der Waals surface area (Å²) in [7, 11) is 1.76. The van der Waals surface area contributed by atoms with Crippen LogP contribution in [-0.4, -0.2) is 28.3 Å². The van der Waals surface area contributed by atoms with Crippen molar-refractivity contribution in [1.29, 1.82) is 0 Å². The van der Waals surface area contributed by atoms with Gasteiger partial charge in [-0.15, -0.1) is 0 Å². The van der Waals surface area contributed by atoms with Crippen LogP contribution in [0.3, 0.4) is 0 Å². The normalized spacial score (nSPS) is 16.9. The minimum absolute atomic E-state index is 0.370. The number of hydrogen-bond acceptors (Lipinski definition) is 3. The Kier molecular flexibility index (Phi) is 3.19. The second kappa shape index (κ2) is 4.72. The number of aromatic amines is 1. The maximum absolute atomic E-state index is 5.46. The van der Waals surface area contributed by atoms with Crippen LogP contribution < -0.4 is 0 Å². The zero-order valence-electron chi connectivity index (χ0n) is 11.4. The quantitative estimate of drug-likeness (QED) is 0.853. The molecule has 1 aliphatic carbocycles. The van der Waals surface area contributed by atoms with Crippen LogP contribution in [0.1, 0.15) is 24.8 Å². The molecule has 19 heavy (non-hydrogen) atoms. The summed E-state index contributed by atoms with van der Waals surface area (Å²) in [4.78, 5) is 7.77. The number of rotatable bonds is 5. The molecule has 1 N–H and O–H groups in total. The van der Waals surface area contributed by atoms with E-state index in [0.29, 0.717) is 5.41 Å². The third-order valence-corrected chi connectivity index (χ3v) is 4.48. The van der Waals surface area contributed by atoms with Gasteiger partial charge in [0.25, 0.3) is 0 Å². The number of nitrogens with zero attached hydrogens (tertiary/aromatic N) is 2. The van der Waals surface area contributed by atoms with Gasteiger partial charge in [-0.05, 0) is 55.4 Å². The van der Waals surface area contributed by atoms with Crippen LogP contribution in [0.15, 0.2) is 12.3 Å². The lowest BCUT2D eigenvalue weighted by Crippen LogP contribution is -2.14. The highest BCUT2D eigenvalue weighted by Gasteiger charge is 2.42. The molecule has 0 amide bonds. The number of pyridine rings is 1. The van der Waals surface area contributed by atoms with Crippen molar-refractivity contribution >= 4 is 23.4 Å². The molecule has 3 rings (SSSR count). The number of H-pyrrole nitrogens is 1. The van der Waals surface area contributed by atoms with Gasteiger partial charge in [-0.3, -0.25) is 0 Å². The number of hydrogen-bond donors (Lipinski definition) is 1. The highest BCUT2D eigenvalue weighted by atomic mass is 32.1. The lowest BCUT2D eigenvalue weighted by molar-refractivity contribution is 0.167. The predicted molar refractivity (Wildman–Crippen MR) is 77.8 cm³/mol. The number of methoxy groups -OCH3 is 1. The summed E-state index contributed by atoms with van der Waals surface area (Å²) in [6, 6.07) is 2.01. The molecule has 4 nitrogen and oxygen atoms in total. The van der Waals surface area contributed by atoms with Crippen molar-refractivity contribution < 1.29 is 4.74 Å². The average Bonchev–Trinajstić information content (AvgIpc) is 3.09. The van der Waals surface area contributed by atoms with E-state index < -0.39 is 0 Å². The predicted octanol–water partition coefficient (Wildman–Crippen LogP) is 3.22. The Balaban J connectivity index is 1.95. The number of aryl methyl sites for hydroxylation is 1. The smallest absolute Gasteiger partial charge is 0.179 e. The van der Waals surface area contributed by atoms with Gasteiger partial charge >= 0.3 is 0 Å². The first-order valence-electron chi connectivity index (χ1n) is 6.68. The molecule has 1 fully saturated rings. The summed E-state index contributed by atoms with van der Waals surface area (Å²) in [6.45, 7) is 3.85. The van der Waals surface area contributed by atoms with E-state index in [-0.39, 0.29) is 0 Å². The molecule has 1 aliphatic rings. The molecule has 0 aromatic carbocycles. The minimum Gasteiger partial charge on any atom is -0.385 e. The molecule has 2 heterocycles. The lowest BCUT2D eigenvalue weighted by Gasteiger charge is -2.15. The SMILES string of the molecule is COCCC1(Cn2c(=S)[nH]c3c(C)ccnc32)CC1. The fourth-order valence-electron chi connectivity index (χ4n) is 2.64. The van der Waals surface area contributed by atoms with Gasteiger partial charge in [0.15, 0.2) is 10.4 Å². The molecule has 0 atom stereocenters. The largest absolute Gasteiger partial charge is 0.385 e. The van der Waals surface area contributed by atoms with Crippen LogP contribution in [0.25, 0.3) is 11.2 Å². The number of aromatic nitrogens is 3. The summed E-state index contributed by atoms with van der Waals surface area (Å²) < 4.78 is 8.15. The molecule has 0 bridgehead atoms. The van der Waals surface area contributed by atoms with Crippen molar-refractivity contribution in [3.8, 4) is 0 Å². The second-order valence-electron chi connectivity index (χ2n) is 5.59. The van der Waals surface area contributed by atoms with Gasteiger partial charge < -0.3 is 14.3 Å². The fraction of sp³-hybridized carbons (Fsp3) is 0.571. The zero-order chi connectivity index (χ0) is 13.5. The van der Waals surface area contributed by atoms with Crippen LogP contribution in [0.4, 0.5) is 0 Å². The van der Waals surface area contributed by atoms with Crippen LogP contribution in [-0.2, 0) is 11.3 Å². The molecule has 2 aromatic heterocycles. The Morgan fingerprint density at radius 2 is 2.32 bits per heavy atom. The Morgan fingerprint density at radius 1 is 1.53 bits per heavy atom. The van der Waals surface area contributed by atoms with Gasteiger partial charge in [-0.25, -0.2) is 4.98 Å². The number of nitrogens with one attached hydrogen (secondary N) is 1. The van der Waals surface area contributed by atoms with E-state index in [0.717, 1.165) is 35.5 Å². The summed E-state index contributed by atoms with van der Waals surface area (Å²) in [6.07, 6.45) is 5.47. The van der Waals surface area contributed by atoms with Crippen molar-refractivity contribution in [2.45, 2.75) is 32.7 Å². The molecule has 0 saturated heterocycles. The average molecular weight is 277 g/mol. The summed E-state index contributed by atoms with van der Waals surface area (Å²) in [5, 5.41) is 0. The molecular formula is C14H19N3OS. The van der Waals surface area contributed by atoms with Crippen molar-refractivity contribution in [3.63, 3.8) is 0 Å². The van der Waals surface area contributed by atoms with Crippen LogP contribution in [0.2, 0.25) is 0 Å². The molecule has 0 spiro atoms. The topological polar surface area (TPSA) is 42.8 Å². The Bertz CT molecular complexity index is 654. The van der Waals surface area contributed by atoms with E-state index in [1.807, 2.05) is 12.3 Å². The van der Waals surface area contributed by atoms with E-state index in [9.17, 15) is 0 Å². The monoisotopic (exact) mass is 277 g/mol. The molecule has 2 aromatic rings. The van der Waals surface area contributed by atoms with Crippen LogP contribution >= 0.6 is 12.2 Å². The van der Waals surface area contributed by atoms with Crippen LogP contribution in [0.5, 0.6) is 0 Å². The van der Waals surface area contributed by atoms with Gasteiger partial charge in [0.2, 0.25) is 0 Å². The molecule has 102 valence electrons. The lowest BCUT2D eigenvalue weighted by atomic mass is 10.0. The van der Waals surface area contributed by atoms with E-state index in [2.05, 4.69) is 21.5 Å². The van der Waals surface area contributed by atoms with Crippen molar-refractivity contribution in [1.82, 2.24) is 14.5 Å². The van der Waals surface area contributed by atoms with Gasteiger partial charge in [-0.2, -0.15) is 0 Å². The fourth-order valence-corrected chi connectivity index (χ4v) is 2.89. The maximum atomic E-state index is 5.46. The highest BCUT2D eigenvalue weighted by Crippen LogP contribution is 2.50. The van der Waals surface area contributed by atoms with Gasteiger partial charge in [0.05, 0.1) is 5.52 Å². The maximum Gasteiger partial charge on any atom is 0.179 e. The summed E-state index contributed by atoms with van der Waals surface area (Å²) in [5.41, 5.74) is 3.61. The Morgan fingerprint density at radius 3 is 3.00 bits per heavy atom. The molecule has 1 saturated carbocycles. The minimum atomic E-state index is 0.370.